The lowest BCUT2D eigenvalue weighted by molar-refractivity contribution is 0.101. The quantitative estimate of drug-likeness (QED) is 0.516. The number of nitrogens with one attached hydrogen (secondary N) is 1. The van der Waals surface area contributed by atoms with Crippen LogP contribution in [0.25, 0.3) is 17.1 Å². The third-order valence-electron chi connectivity index (χ3n) is 4.73. The molecule has 31 heavy (non-hydrogen) atoms. The van der Waals surface area contributed by atoms with Crippen LogP contribution in [0.5, 0.6) is 0 Å². The molecule has 4 aromatic rings. The van der Waals surface area contributed by atoms with Crippen molar-refractivity contribution in [3.05, 3.63) is 90.3 Å². The van der Waals surface area contributed by atoms with Crippen LogP contribution in [-0.2, 0) is 9.84 Å². The van der Waals surface area contributed by atoms with Crippen LogP contribution in [0.1, 0.15) is 16.2 Å². The summed E-state index contributed by atoms with van der Waals surface area (Å²) in [5.41, 5.74) is 2.70. The van der Waals surface area contributed by atoms with Gasteiger partial charge >= 0.3 is 0 Å². The standard InChI is InChI=1S/C23H20N4O3S/c1-16-13-14-19(31(2,29)30)15-20(16)24-23(28)21-25-22(17-9-5-3-6-10-17)27(26-21)18-11-7-4-8-12-18/h3-15H,1-2H3,(H,24,28). The van der Waals surface area contributed by atoms with E-state index >= 15 is 0 Å². The maximum absolute atomic E-state index is 13.0. The number of aromatic nitrogens is 3. The van der Waals surface area contributed by atoms with Crippen molar-refractivity contribution in [1.82, 2.24) is 14.8 Å². The van der Waals surface area contributed by atoms with E-state index < -0.39 is 15.7 Å². The van der Waals surface area contributed by atoms with Gasteiger partial charge in [-0.2, -0.15) is 0 Å². The smallest absolute Gasteiger partial charge is 0.295 e. The Morgan fingerprint density at radius 2 is 1.58 bits per heavy atom. The summed E-state index contributed by atoms with van der Waals surface area (Å²) in [5.74, 6) is -0.0222. The second-order valence-electron chi connectivity index (χ2n) is 7.08. The zero-order chi connectivity index (χ0) is 22.0. The number of para-hydroxylation sites is 1. The Labute approximate surface area is 180 Å². The first-order valence-electron chi connectivity index (χ1n) is 9.53. The fourth-order valence-electron chi connectivity index (χ4n) is 3.08. The molecule has 0 aliphatic rings. The molecule has 8 heteroatoms. The van der Waals surface area contributed by atoms with E-state index in [0.29, 0.717) is 11.5 Å². The third-order valence-corrected chi connectivity index (χ3v) is 5.84. The van der Waals surface area contributed by atoms with Crippen LogP contribution in [0.15, 0.2) is 83.8 Å². The lowest BCUT2D eigenvalue weighted by Crippen LogP contribution is -2.15. The number of aryl methyl sites for hydroxylation is 1. The van der Waals surface area contributed by atoms with Crippen LogP contribution in [0.3, 0.4) is 0 Å². The predicted octanol–water partition coefficient (Wildman–Crippen LogP) is 3.90. The molecule has 7 nitrogen and oxygen atoms in total. The van der Waals surface area contributed by atoms with Crippen molar-refractivity contribution in [1.29, 1.82) is 0 Å². The molecule has 1 aromatic heterocycles. The van der Waals surface area contributed by atoms with Gasteiger partial charge in [0.05, 0.1) is 10.6 Å². The first-order valence-corrected chi connectivity index (χ1v) is 11.4. The first-order chi connectivity index (χ1) is 14.8. The van der Waals surface area contributed by atoms with Gasteiger partial charge in [0.25, 0.3) is 5.91 Å². The molecule has 0 radical (unpaired) electrons. The number of anilines is 1. The van der Waals surface area contributed by atoms with Crippen molar-refractivity contribution in [3.8, 4) is 17.1 Å². The van der Waals surface area contributed by atoms with Crippen LogP contribution in [0.2, 0.25) is 0 Å². The van der Waals surface area contributed by atoms with Crippen molar-refractivity contribution in [3.63, 3.8) is 0 Å². The van der Waals surface area contributed by atoms with E-state index in [9.17, 15) is 13.2 Å². The minimum atomic E-state index is -3.40. The van der Waals surface area contributed by atoms with E-state index in [2.05, 4.69) is 15.4 Å². The first kappa shape index (κ1) is 20.5. The summed E-state index contributed by atoms with van der Waals surface area (Å²) in [6, 6.07) is 23.5. The number of hydrogen-bond donors (Lipinski definition) is 1. The molecule has 0 bridgehead atoms. The number of hydrogen-bond acceptors (Lipinski definition) is 5. The molecule has 1 heterocycles. The fraction of sp³-hybridized carbons (Fsp3) is 0.0870. The zero-order valence-corrected chi connectivity index (χ0v) is 17.8. The minimum absolute atomic E-state index is 0.0214. The van der Waals surface area contributed by atoms with Gasteiger partial charge in [0, 0.05) is 17.5 Å². The van der Waals surface area contributed by atoms with Gasteiger partial charge in [0.15, 0.2) is 15.7 Å². The largest absolute Gasteiger partial charge is 0.319 e. The monoisotopic (exact) mass is 432 g/mol. The normalized spacial score (nSPS) is 11.3. The van der Waals surface area contributed by atoms with Gasteiger partial charge in [-0.15, -0.1) is 5.10 Å². The van der Waals surface area contributed by atoms with Crippen molar-refractivity contribution < 1.29 is 13.2 Å². The molecule has 0 unspecified atom stereocenters. The Morgan fingerprint density at radius 1 is 0.935 bits per heavy atom. The average Bonchev–Trinajstić information content (AvgIpc) is 3.21. The van der Waals surface area contributed by atoms with Crippen molar-refractivity contribution in [2.24, 2.45) is 0 Å². The highest BCUT2D eigenvalue weighted by Gasteiger charge is 2.20. The number of nitrogens with zero attached hydrogens (tertiary/aromatic N) is 3. The van der Waals surface area contributed by atoms with Gasteiger partial charge < -0.3 is 5.32 Å². The Morgan fingerprint density at radius 3 is 2.23 bits per heavy atom. The number of sulfone groups is 1. The van der Waals surface area contributed by atoms with Crippen LogP contribution in [0.4, 0.5) is 5.69 Å². The summed E-state index contributed by atoms with van der Waals surface area (Å²) in [5, 5.41) is 7.17. The van der Waals surface area contributed by atoms with E-state index in [0.717, 1.165) is 23.1 Å². The fourth-order valence-corrected chi connectivity index (χ4v) is 3.72. The molecule has 0 saturated carbocycles. The van der Waals surface area contributed by atoms with E-state index in [4.69, 9.17) is 0 Å². The maximum Gasteiger partial charge on any atom is 0.295 e. The van der Waals surface area contributed by atoms with Crippen molar-refractivity contribution >= 4 is 21.4 Å². The van der Waals surface area contributed by atoms with E-state index in [1.807, 2.05) is 60.7 Å². The van der Waals surface area contributed by atoms with Crippen LogP contribution >= 0.6 is 0 Å². The average molecular weight is 433 g/mol. The summed E-state index contributed by atoms with van der Waals surface area (Å²) in [7, 11) is -3.40. The van der Waals surface area contributed by atoms with Gasteiger partial charge in [-0.1, -0.05) is 54.6 Å². The van der Waals surface area contributed by atoms with Crippen molar-refractivity contribution in [2.75, 3.05) is 11.6 Å². The summed E-state index contributed by atoms with van der Waals surface area (Å²) >= 11 is 0. The molecule has 0 aliphatic carbocycles. The summed E-state index contributed by atoms with van der Waals surface area (Å²) in [6.07, 6.45) is 1.12. The molecule has 0 aliphatic heterocycles. The van der Waals surface area contributed by atoms with E-state index in [-0.39, 0.29) is 10.7 Å². The predicted molar refractivity (Wildman–Crippen MR) is 119 cm³/mol. The number of carbonyl (C=O) groups excluding carboxylic acids is 1. The van der Waals surface area contributed by atoms with Gasteiger partial charge in [-0.3, -0.25) is 4.79 Å². The highest BCUT2D eigenvalue weighted by atomic mass is 32.2. The number of amides is 1. The Bertz CT molecular complexity index is 1290. The molecule has 0 atom stereocenters. The second kappa shape index (κ2) is 8.16. The van der Waals surface area contributed by atoms with Gasteiger partial charge in [-0.25, -0.2) is 18.1 Å². The van der Waals surface area contributed by atoms with E-state index in [1.54, 1.807) is 17.7 Å². The topological polar surface area (TPSA) is 94.0 Å². The number of carbonyl (C=O) groups is 1. The molecule has 0 saturated heterocycles. The third kappa shape index (κ3) is 4.39. The molecular weight excluding hydrogens is 412 g/mol. The van der Waals surface area contributed by atoms with Crippen molar-refractivity contribution in [2.45, 2.75) is 11.8 Å². The Kier molecular flexibility index (Phi) is 5.39. The Balaban J connectivity index is 1.74. The lowest BCUT2D eigenvalue weighted by atomic mass is 10.2. The van der Waals surface area contributed by atoms with Crippen LogP contribution in [-0.4, -0.2) is 35.3 Å². The van der Waals surface area contributed by atoms with Crippen LogP contribution in [0, 0.1) is 6.92 Å². The Hall–Kier alpha value is -3.78. The lowest BCUT2D eigenvalue weighted by Gasteiger charge is -2.08. The molecule has 0 spiro atoms. The van der Waals surface area contributed by atoms with Gasteiger partial charge in [0.1, 0.15) is 0 Å². The maximum atomic E-state index is 13.0. The van der Waals surface area contributed by atoms with E-state index in [1.165, 1.54) is 12.1 Å². The summed E-state index contributed by atoms with van der Waals surface area (Å²) in [4.78, 5) is 17.6. The summed E-state index contributed by atoms with van der Waals surface area (Å²) in [6.45, 7) is 1.78. The SMILES string of the molecule is Cc1ccc(S(C)(=O)=O)cc1NC(=O)c1nc(-c2ccccc2)n(-c2ccccc2)n1. The van der Waals surface area contributed by atoms with Gasteiger partial charge in [-0.05, 0) is 36.8 Å². The molecule has 156 valence electrons. The minimum Gasteiger partial charge on any atom is -0.319 e. The van der Waals surface area contributed by atoms with Gasteiger partial charge in [0.2, 0.25) is 5.82 Å². The molecule has 1 N–H and O–H groups in total. The molecular formula is C23H20N4O3S. The highest BCUT2D eigenvalue weighted by Crippen LogP contribution is 2.23. The number of benzene rings is 3. The molecule has 3 aromatic carbocycles. The molecule has 0 fully saturated rings. The molecule has 4 rings (SSSR count). The number of rotatable bonds is 5. The molecule has 1 amide bonds. The van der Waals surface area contributed by atoms with Crippen LogP contribution < -0.4 is 5.32 Å². The highest BCUT2D eigenvalue weighted by molar-refractivity contribution is 7.90. The zero-order valence-electron chi connectivity index (χ0n) is 17.0. The second-order valence-corrected chi connectivity index (χ2v) is 9.09. The summed E-state index contributed by atoms with van der Waals surface area (Å²) < 4.78 is 25.4.